The second kappa shape index (κ2) is 9.36. The van der Waals surface area contributed by atoms with Gasteiger partial charge in [0, 0.05) is 19.2 Å². The van der Waals surface area contributed by atoms with Crippen molar-refractivity contribution in [2.75, 3.05) is 36.9 Å². The highest BCUT2D eigenvalue weighted by molar-refractivity contribution is 7.21. The Morgan fingerprint density at radius 3 is 2.81 bits per heavy atom. The van der Waals surface area contributed by atoms with E-state index in [1.807, 2.05) is 17.8 Å². The van der Waals surface area contributed by atoms with E-state index in [1.54, 1.807) is 29.2 Å². The van der Waals surface area contributed by atoms with Crippen LogP contribution in [0.1, 0.15) is 35.3 Å². The lowest BCUT2D eigenvalue weighted by Gasteiger charge is -2.15. The minimum Gasteiger partial charge on any atom is -0.477 e. The Balaban J connectivity index is 1.20. The summed E-state index contributed by atoms with van der Waals surface area (Å²) in [6.07, 6.45) is 10.0. The fraction of sp³-hybridized carbons (Fsp3) is 0.375. The molecule has 0 aromatic carbocycles. The maximum absolute atomic E-state index is 13.2. The van der Waals surface area contributed by atoms with Crippen molar-refractivity contribution >= 4 is 39.4 Å². The zero-order valence-corrected chi connectivity index (χ0v) is 20.7. The van der Waals surface area contributed by atoms with Gasteiger partial charge in [0.1, 0.15) is 4.83 Å². The van der Waals surface area contributed by atoms with Crippen molar-refractivity contribution in [3.05, 3.63) is 42.1 Å². The standard InChI is InChI=1S/C24H26N8O3S/c1-15-19(9-16(10-25-15)28-21(33)14-30-5-2-3-6-30)29-22(34)18-12-27-32-13-20(36-24(18)32)17-11-26-31-7-4-8-35-23(17)31/h9-13H,2-8,14H2,1H3,(H,28,33)(H,29,34). The molecule has 36 heavy (non-hydrogen) atoms. The van der Waals surface area contributed by atoms with Crippen LogP contribution in [-0.4, -0.2) is 67.3 Å². The molecular formula is C24H26N8O3S. The van der Waals surface area contributed by atoms with Crippen LogP contribution in [0.15, 0.2) is 30.9 Å². The largest absolute Gasteiger partial charge is 0.477 e. The average Bonchev–Trinajstić information content (AvgIpc) is 3.65. The van der Waals surface area contributed by atoms with Crippen LogP contribution in [-0.2, 0) is 11.3 Å². The van der Waals surface area contributed by atoms with Gasteiger partial charge in [-0.2, -0.15) is 10.2 Å². The summed E-state index contributed by atoms with van der Waals surface area (Å²) in [5.41, 5.74) is 3.09. The number of aryl methyl sites for hydroxylation is 2. The average molecular weight is 507 g/mol. The van der Waals surface area contributed by atoms with Crippen molar-refractivity contribution in [3.63, 3.8) is 0 Å². The zero-order valence-electron chi connectivity index (χ0n) is 19.9. The lowest BCUT2D eigenvalue weighted by atomic mass is 10.2. The minimum atomic E-state index is -0.294. The van der Waals surface area contributed by atoms with Gasteiger partial charge in [-0.1, -0.05) is 0 Å². The Labute approximate surface area is 211 Å². The number of carbonyl (C=O) groups excluding carboxylic acids is 2. The van der Waals surface area contributed by atoms with Crippen LogP contribution in [0.4, 0.5) is 11.4 Å². The predicted octanol–water partition coefficient (Wildman–Crippen LogP) is 3.03. The Kier molecular flexibility index (Phi) is 5.89. The number of hydrogen-bond acceptors (Lipinski definition) is 8. The molecule has 1 fully saturated rings. The third kappa shape index (κ3) is 4.33. The molecule has 186 valence electrons. The number of nitrogens with one attached hydrogen (secondary N) is 2. The molecule has 2 aliphatic rings. The summed E-state index contributed by atoms with van der Waals surface area (Å²) >= 11 is 1.46. The van der Waals surface area contributed by atoms with Gasteiger partial charge in [0.25, 0.3) is 5.91 Å². The first-order valence-corrected chi connectivity index (χ1v) is 12.8. The van der Waals surface area contributed by atoms with Crippen LogP contribution in [0, 0.1) is 6.92 Å². The number of carbonyl (C=O) groups is 2. The molecule has 0 saturated carbocycles. The van der Waals surface area contributed by atoms with Gasteiger partial charge >= 0.3 is 0 Å². The summed E-state index contributed by atoms with van der Waals surface area (Å²) in [4.78, 5) is 33.8. The van der Waals surface area contributed by atoms with Crippen molar-refractivity contribution in [1.82, 2.24) is 29.3 Å². The van der Waals surface area contributed by atoms with Crippen molar-refractivity contribution in [2.24, 2.45) is 0 Å². The van der Waals surface area contributed by atoms with Crippen molar-refractivity contribution in [1.29, 1.82) is 0 Å². The fourth-order valence-corrected chi connectivity index (χ4v) is 5.63. The Morgan fingerprint density at radius 1 is 1.08 bits per heavy atom. The van der Waals surface area contributed by atoms with Crippen LogP contribution < -0.4 is 15.4 Å². The molecule has 2 amide bonds. The van der Waals surface area contributed by atoms with E-state index in [0.717, 1.165) is 60.0 Å². The maximum Gasteiger partial charge on any atom is 0.260 e. The van der Waals surface area contributed by atoms with E-state index in [9.17, 15) is 9.59 Å². The van der Waals surface area contributed by atoms with E-state index in [1.165, 1.54) is 11.3 Å². The van der Waals surface area contributed by atoms with Crippen LogP contribution in [0.25, 0.3) is 15.3 Å². The van der Waals surface area contributed by atoms with Gasteiger partial charge < -0.3 is 15.4 Å². The minimum absolute atomic E-state index is 0.0874. The molecule has 11 nitrogen and oxygen atoms in total. The number of pyridine rings is 1. The Bertz CT molecular complexity index is 1450. The molecule has 2 N–H and O–H groups in total. The van der Waals surface area contributed by atoms with Crippen LogP contribution in [0.2, 0.25) is 0 Å². The molecule has 2 aliphatic heterocycles. The number of ether oxygens (including phenoxy) is 1. The second-order valence-corrected chi connectivity index (χ2v) is 10.1. The molecule has 6 heterocycles. The maximum atomic E-state index is 13.2. The van der Waals surface area contributed by atoms with Gasteiger partial charge in [0.15, 0.2) is 0 Å². The van der Waals surface area contributed by atoms with E-state index in [-0.39, 0.29) is 11.8 Å². The molecule has 1 saturated heterocycles. The number of anilines is 2. The quantitative estimate of drug-likeness (QED) is 0.413. The normalized spacial score (nSPS) is 15.6. The van der Waals surface area contributed by atoms with Gasteiger partial charge in [-0.25, -0.2) is 9.20 Å². The molecule has 4 aromatic rings. The summed E-state index contributed by atoms with van der Waals surface area (Å²) in [5.74, 6) is 0.370. The monoisotopic (exact) mass is 506 g/mol. The number of thiazole rings is 1. The van der Waals surface area contributed by atoms with E-state index >= 15 is 0 Å². The molecular weight excluding hydrogens is 480 g/mol. The number of fused-ring (bicyclic) bond motifs is 2. The van der Waals surface area contributed by atoms with Crippen LogP contribution in [0.5, 0.6) is 5.88 Å². The SMILES string of the molecule is Cc1ncc(NC(=O)CN2CCCC2)cc1NC(=O)c1cnn2cc(-c3cnn4c3OCCC4)sc12. The smallest absolute Gasteiger partial charge is 0.260 e. The highest BCUT2D eigenvalue weighted by Crippen LogP contribution is 2.37. The number of rotatable bonds is 6. The first-order chi connectivity index (χ1) is 17.5. The molecule has 4 aromatic heterocycles. The molecule has 0 spiro atoms. The fourth-order valence-electron chi connectivity index (χ4n) is 4.57. The summed E-state index contributed by atoms with van der Waals surface area (Å²) in [6, 6.07) is 1.74. The van der Waals surface area contributed by atoms with Crippen molar-refractivity contribution in [2.45, 2.75) is 32.7 Å². The molecule has 0 atom stereocenters. The summed E-state index contributed by atoms with van der Waals surface area (Å²) < 4.78 is 9.38. The number of hydrogen-bond donors (Lipinski definition) is 2. The molecule has 0 radical (unpaired) electrons. The topological polar surface area (TPSA) is 119 Å². The second-order valence-electron chi connectivity index (χ2n) is 9.03. The summed E-state index contributed by atoms with van der Waals surface area (Å²) in [5, 5.41) is 14.6. The van der Waals surface area contributed by atoms with E-state index < -0.39 is 0 Å². The van der Waals surface area contributed by atoms with Gasteiger partial charge in [-0.05, 0) is 38.9 Å². The lowest BCUT2D eigenvalue weighted by Crippen LogP contribution is -2.30. The van der Waals surface area contributed by atoms with Crippen molar-refractivity contribution in [3.8, 4) is 16.3 Å². The van der Waals surface area contributed by atoms with Gasteiger partial charge in [-0.15, -0.1) is 11.3 Å². The van der Waals surface area contributed by atoms with Crippen LogP contribution >= 0.6 is 11.3 Å². The lowest BCUT2D eigenvalue weighted by molar-refractivity contribution is -0.117. The highest BCUT2D eigenvalue weighted by atomic mass is 32.1. The Hall–Kier alpha value is -3.77. The molecule has 0 unspecified atom stereocenters. The summed E-state index contributed by atoms with van der Waals surface area (Å²) in [7, 11) is 0. The number of amides is 2. The van der Waals surface area contributed by atoms with Gasteiger partial charge in [-0.3, -0.25) is 19.5 Å². The van der Waals surface area contributed by atoms with Gasteiger partial charge in [0.2, 0.25) is 11.8 Å². The highest BCUT2D eigenvalue weighted by Gasteiger charge is 2.22. The van der Waals surface area contributed by atoms with Crippen molar-refractivity contribution < 1.29 is 14.3 Å². The first-order valence-electron chi connectivity index (χ1n) is 12.0. The van der Waals surface area contributed by atoms with E-state index in [0.29, 0.717) is 35.8 Å². The predicted molar refractivity (Wildman–Crippen MR) is 136 cm³/mol. The third-order valence-corrected chi connectivity index (χ3v) is 7.58. The first kappa shape index (κ1) is 22.7. The molecule has 0 aliphatic carbocycles. The molecule has 6 rings (SSSR count). The summed E-state index contributed by atoms with van der Waals surface area (Å²) in [6.45, 7) is 5.56. The number of aromatic nitrogens is 5. The third-order valence-electron chi connectivity index (χ3n) is 6.43. The number of likely N-dealkylation sites (tertiary alicyclic amines) is 1. The number of nitrogens with zero attached hydrogens (tertiary/aromatic N) is 6. The van der Waals surface area contributed by atoms with Crippen LogP contribution in [0.3, 0.4) is 0 Å². The molecule has 0 bridgehead atoms. The van der Waals surface area contributed by atoms with E-state index in [4.69, 9.17) is 4.74 Å². The van der Waals surface area contributed by atoms with E-state index in [2.05, 4.69) is 30.7 Å². The Morgan fingerprint density at radius 2 is 1.94 bits per heavy atom. The van der Waals surface area contributed by atoms with Gasteiger partial charge in [0.05, 0.1) is 64.8 Å². The molecule has 12 heteroatoms. The zero-order chi connectivity index (χ0) is 24.6.